The monoisotopic (exact) mass is 270 g/mol. The van der Waals surface area contributed by atoms with Crippen molar-refractivity contribution in [2.45, 2.75) is 13.0 Å². The van der Waals surface area contributed by atoms with Crippen LogP contribution in [0.15, 0.2) is 6.07 Å². The first-order valence-electron chi connectivity index (χ1n) is 5.23. The summed E-state index contributed by atoms with van der Waals surface area (Å²) in [5.41, 5.74) is 0. The number of urea groups is 1. The molecule has 3 N–H and O–H groups in total. The van der Waals surface area contributed by atoms with Crippen molar-refractivity contribution in [2.75, 3.05) is 19.5 Å². The third kappa shape index (κ3) is 4.30. The first-order chi connectivity index (χ1) is 8.96. The molecule has 1 heterocycles. The summed E-state index contributed by atoms with van der Waals surface area (Å²) in [5, 5.41) is 13.1. The van der Waals surface area contributed by atoms with Crippen molar-refractivity contribution >= 4 is 17.9 Å². The van der Waals surface area contributed by atoms with Crippen molar-refractivity contribution in [1.82, 2.24) is 15.3 Å². The van der Waals surface area contributed by atoms with Gasteiger partial charge in [0.1, 0.15) is 6.04 Å². The van der Waals surface area contributed by atoms with Crippen LogP contribution in [0, 0.1) is 0 Å². The summed E-state index contributed by atoms with van der Waals surface area (Å²) in [4.78, 5) is 29.8. The molecule has 0 spiro atoms. The molecule has 0 fully saturated rings. The number of carbonyl (C=O) groups excluding carboxylic acids is 1. The summed E-state index contributed by atoms with van der Waals surface area (Å²) in [6, 6.07) is -0.346. The molecule has 1 aromatic heterocycles. The van der Waals surface area contributed by atoms with E-state index in [2.05, 4.69) is 20.6 Å². The second kappa shape index (κ2) is 6.38. The molecule has 104 valence electrons. The lowest BCUT2D eigenvalue weighted by molar-refractivity contribution is -0.138. The zero-order chi connectivity index (χ0) is 14.4. The summed E-state index contributed by atoms with van der Waals surface area (Å²) in [6.45, 7) is 1.33. The first-order valence-corrected chi connectivity index (χ1v) is 5.23. The second-order valence-electron chi connectivity index (χ2n) is 3.43. The fraction of sp³-hybridized carbons (Fsp3) is 0.400. The van der Waals surface area contributed by atoms with Gasteiger partial charge in [0.2, 0.25) is 17.7 Å². The molecule has 1 rings (SSSR count). The molecule has 1 unspecified atom stereocenters. The van der Waals surface area contributed by atoms with E-state index < -0.39 is 18.0 Å². The lowest BCUT2D eigenvalue weighted by Gasteiger charge is -2.10. The van der Waals surface area contributed by atoms with E-state index in [1.54, 1.807) is 0 Å². The number of nitrogens with one attached hydrogen (secondary N) is 2. The van der Waals surface area contributed by atoms with Crippen LogP contribution < -0.4 is 20.1 Å². The van der Waals surface area contributed by atoms with E-state index in [1.165, 1.54) is 27.2 Å². The maximum atomic E-state index is 11.5. The number of aromatic nitrogens is 2. The number of ether oxygens (including phenoxy) is 2. The summed E-state index contributed by atoms with van der Waals surface area (Å²) in [7, 11) is 2.80. The number of hydrogen-bond donors (Lipinski definition) is 3. The van der Waals surface area contributed by atoms with Gasteiger partial charge in [-0.1, -0.05) is 0 Å². The molecule has 0 saturated heterocycles. The molecule has 9 nitrogen and oxygen atoms in total. The molecular weight excluding hydrogens is 256 g/mol. The molecule has 0 aliphatic carbocycles. The van der Waals surface area contributed by atoms with Gasteiger partial charge in [0.25, 0.3) is 0 Å². The van der Waals surface area contributed by atoms with E-state index in [-0.39, 0.29) is 17.7 Å². The van der Waals surface area contributed by atoms with Gasteiger partial charge in [0.15, 0.2) is 0 Å². The van der Waals surface area contributed by atoms with Gasteiger partial charge in [-0.05, 0) is 6.92 Å². The van der Waals surface area contributed by atoms with Gasteiger partial charge in [0, 0.05) is 0 Å². The molecule has 0 aliphatic rings. The lowest BCUT2D eigenvalue weighted by atomic mass is 10.3. The van der Waals surface area contributed by atoms with Crippen molar-refractivity contribution in [3.05, 3.63) is 6.07 Å². The van der Waals surface area contributed by atoms with E-state index in [9.17, 15) is 9.59 Å². The Labute approximate surface area is 109 Å². The van der Waals surface area contributed by atoms with Gasteiger partial charge in [-0.2, -0.15) is 9.97 Å². The minimum absolute atomic E-state index is 0.0636. The summed E-state index contributed by atoms with van der Waals surface area (Å²) in [6.07, 6.45) is 0. The Hall–Kier alpha value is -2.58. The summed E-state index contributed by atoms with van der Waals surface area (Å²) >= 11 is 0. The van der Waals surface area contributed by atoms with Crippen molar-refractivity contribution < 1.29 is 24.2 Å². The number of amides is 2. The van der Waals surface area contributed by atoms with Crippen molar-refractivity contribution in [2.24, 2.45) is 0 Å². The topological polar surface area (TPSA) is 123 Å². The Kier molecular flexibility index (Phi) is 4.86. The highest BCUT2D eigenvalue weighted by Crippen LogP contribution is 2.16. The van der Waals surface area contributed by atoms with E-state index in [1.807, 2.05) is 0 Å². The Bertz CT molecular complexity index is 457. The number of carboxylic acids is 1. The van der Waals surface area contributed by atoms with Gasteiger partial charge in [-0.15, -0.1) is 0 Å². The molecule has 1 aromatic rings. The Morgan fingerprint density at radius 2 is 1.79 bits per heavy atom. The van der Waals surface area contributed by atoms with Gasteiger partial charge >= 0.3 is 12.0 Å². The van der Waals surface area contributed by atoms with E-state index in [4.69, 9.17) is 14.6 Å². The van der Waals surface area contributed by atoms with Crippen LogP contribution in [0.4, 0.5) is 10.7 Å². The van der Waals surface area contributed by atoms with Crippen molar-refractivity contribution in [1.29, 1.82) is 0 Å². The van der Waals surface area contributed by atoms with Crippen LogP contribution in [0.2, 0.25) is 0 Å². The van der Waals surface area contributed by atoms with Crippen molar-refractivity contribution in [3.63, 3.8) is 0 Å². The molecule has 19 heavy (non-hydrogen) atoms. The molecule has 0 aromatic carbocycles. The van der Waals surface area contributed by atoms with Crippen LogP contribution in [0.1, 0.15) is 6.92 Å². The predicted molar refractivity (Wildman–Crippen MR) is 64.4 cm³/mol. The van der Waals surface area contributed by atoms with E-state index in [0.29, 0.717) is 0 Å². The Morgan fingerprint density at radius 3 is 2.21 bits per heavy atom. The number of carbonyl (C=O) groups is 2. The fourth-order valence-corrected chi connectivity index (χ4v) is 1.06. The minimum atomic E-state index is -1.15. The van der Waals surface area contributed by atoms with Gasteiger partial charge in [0.05, 0.1) is 20.3 Å². The molecule has 0 saturated carbocycles. The highest BCUT2D eigenvalue weighted by atomic mass is 16.5. The van der Waals surface area contributed by atoms with Crippen LogP contribution in [-0.4, -0.2) is 47.3 Å². The predicted octanol–water partition coefficient (Wildman–Crippen LogP) is 0.0884. The maximum Gasteiger partial charge on any atom is 0.325 e. The minimum Gasteiger partial charge on any atom is -0.481 e. The largest absolute Gasteiger partial charge is 0.481 e. The number of carboxylic acid groups (broad SMARTS) is 1. The Balaban J connectivity index is 2.75. The average Bonchev–Trinajstić information content (AvgIpc) is 2.37. The third-order valence-corrected chi connectivity index (χ3v) is 2.04. The molecular formula is C10H14N4O5. The van der Waals surface area contributed by atoms with Gasteiger partial charge < -0.3 is 19.9 Å². The Morgan fingerprint density at radius 1 is 1.26 bits per heavy atom. The number of anilines is 1. The lowest BCUT2D eigenvalue weighted by Crippen LogP contribution is -2.41. The number of methoxy groups -OCH3 is 2. The van der Waals surface area contributed by atoms with Gasteiger partial charge in [-0.3, -0.25) is 10.1 Å². The van der Waals surface area contributed by atoms with Crippen LogP contribution in [-0.2, 0) is 4.79 Å². The number of rotatable bonds is 5. The molecule has 0 aliphatic heterocycles. The SMILES string of the molecule is COc1cc(OC)nc(NC(=O)NC(C)C(=O)O)n1. The first kappa shape index (κ1) is 14.5. The van der Waals surface area contributed by atoms with E-state index in [0.717, 1.165) is 0 Å². The van der Waals surface area contributed by atoms with Crippen LogP contribution in [0.5, 0.6) is 11.8 Å². The van der Waals surface area contributed by atoms with Crippen LogP contribution >= 0.6 is 0 Å². The average molecular weight is 270 g/mol. The molecule has 1 atom stereocenters. The molecule has 9 heteroatoms. The molecule has 0 bridgehead atoms. The maximum absolute atomic E-state index is 11.5. The fourth-order valence-electron chi connectivity index (χ4n) is 1.06. The second-order valence-corrected chi connectivity index (χ2v) is 3.43. The van der Waals surface area contributed by atoms with Crippen LogP contribution in [0.3, 0.4) is 0 Å². The zero-order valence-electron chi connectivity index (χ0n) is 10.6. The quantitative estimate of drug-likeness (QED) is 0.692. The third-order valence-electron chi connectivity index (χ3n) is 2.04. The normalized spacial score (nSPS) is 11.3. The molecule has 0 radical (unpaired) electrons. The molecule has 2 amide bonds. The standard InChI is InChI=1S/C10H14N4O5/c1-5(8(15)16)11-10(17)14-9-12-6(18-2)4-7(13-9)19-3/h4-5H,1-3H3,(H,15,16)(H2,11,12,13,14,17). The zero-order valence-corrected chi connectivity index (χ0v) is 10.6. The highest BCUT2D eigenvalue weighted by molar-refractivity contribution is 5.90. The van der Waals surface area contributed by atoms with E-state index >= 15 is 0 Å². The summed E-state index contributed by atoms with van der Waals surface area (Å²) < 4.78 is 9.80. The van der Waals surface area contributed by atoms with Gasteiger partial charge in [-0.25, -0.2) is 4.79 Å². The highest BCUT2D eigenvalue weighted by Gasteiger charge is 2.15. The number of nitrogens with zero attached hydrogens (tertiary/aromatic N) is 2. The smallest absolute Gasteiger partial charge is 0.325 e. The number of aliphatic carboxylic acids is 1. The van der Waals surface area contributed by atoms with Crippen molar-refractivity contribution in [3.8, 4) is 11.8 Å². The van der Waals surface area contributed by atoms with Crippen LogP contribution in [0.25, 0.3) is 0 Å². The summed E-state index contributed by atoms with van der Waals surface area (Å²) in [5.74, 6) is -0.813. The number of hydrogen-bond acceptors (Lipinski definition) is 6.